The smallest absolute Gasteiger partial charge is 0.0492 e. The zero-order valence-electron chi connectivity index (χ0n) is 10.5. The monoisotopic (exact) mass is 209 g/mol. The van der Waals surface area contributed by atoms with Gasteiger partial charge >= 0.3 is 0 Å². The van der Waals surface area contributed by atoms with E-state index < -0.39 is 0 Å². The molecule has 1 aromatic rings. The van der Waals surface area contributed by atoms with E-state index in [0.717, 1.165) is 13.0 Å². The molecule has 0 saturated heterocycles. The zero-order valence-corrected chi connectivity index (χ0v) is 10.5. The first kappa shape index (κ1) is 12.2. The van der Waals surface area contributed by atoms with Crippen molar-refractivity contribution in [2.45, 2.75) is 40.2 Å². The molecule has 0 aliphatic carbocycles. The predicted octanol–water partition coefficient (Wildman–Crippen LogP) is 1.99. The first-order chi connectivity index (χ1) is 6.91. The quantitative estimate of drug-likeness (QED) is 0.822. The summed E-state index contributed by atoms with van der Waals surface area (Å²) in [6.45, 7) is 10.0. The SMILES string of the molecule is CC(NCCc1ccnn1C)C(C)(C)C. The Bertz CT molecular complexity index is 296. The van der Waals surface area contributed by atoms with Crippen molar-refractivity contribution in [1.29, 1.82) is 0 Å². The fraction of sp³-hybridized carbons (Fsp3) is 0.750. The highest BCUT2D eigenvalue weighted by Gasteiger charge is 2.18. The Morgan fingerprint density at radius 1 is 1.47 bits per heavy atom. The van der Waals surface area contributed by atoms with Gasteiger partial charge in [-0.15, -0.1) is 0 Å². The van der Waals surface area contributed by atoms with E-state index >= 15 is 0 Å². The van der Waals surface area contributed by atoms with Gasteiger partial charge in [-0.1, -0.05) is 20.8 Å². The molecule has 86 valence electrons. The third kappa shape index (κ3) is 3.67. The van der Waals surface area contributed by atoms with Crippen LogP contribution in [0.5, 0.6) is 0 Å². The molecule has 3 nitrogen and oxygen atoms in total. The second-order valence-electron chi connectivity index (χ2n) is 5.24. The highest BCUT2D eigenvalue weighted by atomic mass is 15.3. The van der Waals surface area contributed by atoms with Crippen molar-refractivity contribution in [3.63, 3.8) is 0 Å². The van der Waals surface area contributed by atoms with Crippen molar-refractivity contribution >= 4 is 0 Å². The first-order valence-corrected chi connectivity index (χ1v) is 5.61. The summed E-state index contributed by atoms with van der Waals surface area (Å²) < 4.78 is 1.93. The summed E-state index contributed by atoms with van der Waals surface area (Å²) in [6.07, 6.45) is 2.89. The lowest BCUT2D eigenvalue weighted by molar-refractivity contribution is 0.287. The standard InChI is InChI=1S/C12H23N3/c1-10(12(2,3)4)13-8-6-11-7-9-14-15(11)5/h7,9-10,13H,6,8H2,1-5H3. The number of nitrogens with zero attached hydrogens (tertiary/aromatic N) is 2. The molecule has 0 aliphatic heterocycles. The summed E-state index contributed by atoms with van der Waals surface area (Å²) in [4.78, 5) is 0. The topological polar surface area (TPSA) is 29.9 Å². The van der Waals surface area contributed by atoms with Gasteiger partial charge in [0.05, 0.1) is 0 Å². The lowest BCUT2D eigenvalue weighted by atomic mass is 9.88. The second-order valence-corrected chi connectivity index (χ2v) is 5.24. The van der Waals surface area contributed by atoms with Gasteiger partial charge in [-0.05, 0) is 18.4 Å². The summed E-state index contributed by atoms with van der Waals surface area (Å²) >= 11 is 0. The third-order valence-electron chi connectivity index (χ3n) is 3.05. The van der Waals surface area contributed by atoms with E-state index in [1.54, 1.807) is 0 Å². The van der Waals surface area contributed by atoms with E-state index in [-0.39, 0.29) is 0 Å². The van der Waals surface area contributed by atoms with Crippen LogP contribution in [0.15, 0.2) is 12.3 Å². The summed E-state index contributed by atoms with van der Waals surface area (Å²) in [7, 11) is 1.99. The Kier molecular flexibility index (Phi) is 3.91. The van der Waals surface area contributed by atoms with Crippen molar-refractivity contribution in [2.75, 3.05) is 6.54 Å². The summed E-state index contributed by atoms with van der Waals surface area (Å²) in [6, 6.07) is 2.61. The molecule has 0 radical (unpaired) electrons. The molecular weight excluding hydrogens is 186 g/mol. The predicted molar refractivity (Wildman–Crippen MR) is 63.8 cm³/mol. The van der Waals surface area contributed by atoms with Crippen LogP contribution in [0, 0.1) is 5.41 Å². The number of hydrogen-bond acceptors (Lipinski definition) is 2. The van der Waals surface area contributed by atoms with Crippen LogP contribution in [0.1, 0.15) is 33.4 Å². The van der Waals surface area contributed by atoms with Gasteiger partial charge in [-0.2, -0.15) is 5.10 Å². The molecule has 0 bridgehead atoms. The van der Waals surface area contributed by atoms with E-state index in [0.29, 0.717) is 11.5 Å². The molecule has 0 fully saturated rings. The van der Waals surface area contributed by atoms with Gasteiger partial charge in [0.2, 0.25) is 0 Å². The van der Waals surface area contributed by atoms with Crippen LogP contribution in [0.2, 0.25) is 0 Å². The highest BCUT2D eigenvalue weighted by molar-refractivity contribution is 5.00. The van der Waals surface area contributed by atoms with Gasteiger partial charge in [0, 0.05) is 37.9 Å². The molecule has 1 unspecified atom stereocenters. The molecule has 1 N–H and O–H groups in total. The maximum atomic E-state index is 4.15. The van der Waals surface area contributed by atoms with Crippen molar-refractivity contribution in [2.24, 2.45) is 12.5 Å². The van der Waals surface area contributed by atoms with Crippen LogP contribution >= 0.6 is 0 Å². The van der Waals surface area contributed by atoms with Crippen LogP contribution in [0.3, 0.4) is 0 Å². The minimum atomic E-state index is 0.326. The Morgan fingerprint density at radius 2 is 2.13 bits per heavy atom. The molecule has 1 atom stereocenters. The number of rotatable bonds is 4. The normalized spacial score (nSPS) is 14.2. The Labute approximate surface area is 92.9 Å². The van der Waals surface area contributed by atoms with Crippen molar-refractivity contribution in [1.82, 2.24) is 15.1 Å². The molecule has 0 aliphatic rings. The number of nitrogens with one attached hydrogen (secondary N) is 1. The number of aryl methyl sites for hydroxylation is 1. The summed E-state index contributed by atoms with van der Waals surface area (Å²) in [5.41, 5.74) is 1.61. The van der Waals surface area contributed by atoms with E-state index in [1.165, 1.54) is 5.69 Å². The molecule has 3 heteroatoms. The zero-order chi connectivity index (χ0) is 11.5. The van der Waals surface area contributed by atoms with E-state index in [9.17, 15) is 0 Å². The minimum absolute atomic E-state index is 0.326. The van der Waals surface area contributed by atoms with Crippen LogP contribution in [-0.2, 0) is 13.5 Å². The van der Waals surface area contributed by atoms with Gasteiger partial charge in [-0.25, -0.2) is 0 Å². The Morgan fingerprint density at radius 3 is 2.60 bits per heavy atom. The van der Waals surface area contributed by atoms with Gasteiger partial charge < -0.3 is 5.32 Å². The lowest BCUT2D eigenvalue weighted by Crippen LogP contribution is -2.38. The van der Waals surface area contributed by atoms with Crippen molar-refractivity contribution in [3.05, 3.63) is 18.0 Å². The molecule has 0 aromatic carbocycles. The Balaban J connectivity index is 2.31. The third-order valence-corrected chi connectivity index (χ3v) is 3.05. The summed E-state index contributed by atoms with van der Waals surface area (Å²) in [5.74, 6) is 0. The van der Waals surface area contributed by atoms with Crippen LogP contribution in [0.25, 0.3) is 0 Å². The van der Waals surface area contributed by atoms with E-state index in [2.05, 4.69) is 44.2 Å². The minimum Gasteiger partial charge on any atom is -0.313 e. The van der Waals surface area contributed by atoms with Gasteiger partial charge in [-0.3, -0.25) is 4.68 Å². The average Bonchev–Trinajstić information content (AvgIpc) is 2.50. The molecular formula is C12H23N3. The Hall–Kier alpha value is -0.830. The molecule has 1 aromatic heterocycles. The molecule has 15 heavy (non-hydrogen) atoms. The van der Waals surface area contributed by atoms with Gasteiger partial charge in [0.25, 0.3) is 0 Å². The van der Waals surface area contributed by atoms with Crippen LogP contribution in [-0.4, -0.2) is 22.4 Å². The van der Waals surface area contributed by atoms with Gasteiger partial charge in [0.1, 0.15) is 0 Å². The number of aromatic nitrogens is 2. The molecule has 1 heterocycles. The molecule has 0 amide bonds. The van der Waals surface area contributed by atoms with E-state index in [4.69, 9.17) is 0 Å². The van der Waals surface area contributed by atoms with E-state index in [1.807, 2.05) is 17.9 Å². The van der Waals surface area contributed by atoms with Gasteiger partial charge in [0.15, 0.2) is 0 Å². The van der Waals surface area contributed by atoms with Crippen molar-refractivity contribution < 1.29 is 0 Å². The maximum absolute atomic E-state index is 4.15. The first-order valence-electron chi connectivity index (χ1n) is 5.61. The highest BCUT2D eigenvalue weighted by Crippen LogP contribution is 2.18. The molecule has 0 spiro atoms. The molecule has 1 rings (SSSR count). The van der Waals surface area contributed by atoms with Crippen LogP contribution in [0.4, 0.5) is 0 Å². The van der Waals surface area contributed by atoms with Crippen LogP contribution < -0.4 is 5.32 Å². The lowest BCUT2D eigenvalue weighted by Gasteiger charge is -2.28. The van der Waals surface area contributed by atoms with Crippen molar-refractivity contribution in [3.8, 4) is 0 Å². The fourth-order valence-electron chi connectivity index (χ4n) is 1.37. The fourth-order valence-corrected chi connectivity index (χ4v) is 1.37. The average molecular weight is 209 g/mol. The summed E-state index contributed by atoms with van der Waals surface area (Å²) in [5, 5.41) is 7.70. The largest absolute Gasteiger partial charge is 0.313 e. The second kappa shape index (κ2) is 4.79. The number of hydrogen-bond donors (Lipinski definition) is 1. The molecule has 0 saturated carbocycles. The maximum Gasteiger partial charge on any atom is 0.0492 e.